The Hall–Kier alpha value is -9.42. The summed E-state index contributed by atoms with van der Waals surface area (Å²) in [6.07, 6.45) is 0. The van der Waals surface area contributed by atoms with Crippen LogP contribution in [0.25, 0.3) is 64.7 Å². The largest absolute Gasteiger partial charge is 0.358 e. The van der Waals surface area contributed by atoms with Crippen LogP contribution in [0.3, 0.4) is 0 Å². The standard InChI is InChI=1S/C18N12.C16H6N4/c1-23-17-9(5-21)27-13-11-12(26-8(4-20)7(3-19)25-11)14-16(15(13)29-17)30-18(24-2)10(6-22)28-14;17-7-15(8-18)13-3-1-11-5-14(16(9-19)10-20)4-2-12(11)6-13/h;1-6H. The number of rotatable bonds is 0. The van der Waals surface area contributed by atoms with Crippen LogP contribution in [0.4, 0.5) is 11.6 Å². The molecule has 0 amide bonds. The van der Waals surface area contributed by atoms with Crippen LogP contribution in [0.1, 0.15) is 22.8 Å². The van der Waals surface area contributed by atoms with Gasteiger partial charge in [-0.15, -0.1) is 9.97 Å². The predicted octanol–water partition coefficient (Wildman–Crippen LogP) is 3.34. The van der Waals surface area contributed by atoms with Crippen LogP contribution in [-0.4, -0.2) is 29.9 Å². The quantitative estimate of drug-likeness (QED) is 0.170. The molecule has 0 N–H and O–H groups in total. The Morgan fingerprint density at radius 3 is 1.02 bits per heavy atom. The second-order valence-electron chi connectivity index (χ2n) is 9.45. The van der Waals surface area contributed by atoms with Gasteiger partial charge in [0.1, 0.15) is 81.8 Å². The topological polar surface area (TPSA) is 276 Å². The van der Waals surface area contributed by atoms with E-state index in [4.69, 9.17) is 34.2 Å². The smallest absolute Gasteiger partial charge is 0.307 e. The number of nitriles is 8. The molecule has 6 rings (SSSR count). The predicted molar refractivity (Wildman–Crippen MR) is 170 cm³/mol. The maximum absolute atomic E-state index is 9.30. The van der Waals surface area contributed by atoms with Gasteiger partial charge >= 0.3 is 11.6 Å². The fraction of sp³-hybridized carbons (Fsp3) is 0. The molecule has 0 bridgehead atoms. The molecule has 6 aromatic rings. The van der Waals surface area contributed by atoms with Gasteiger partial charge in [0.05, 0.1) is 0 Å². The summed E-state index contributed by atoms with van der Waals surface area (Å²) in [5, 5.41) is 75.4. The van der Waals surface area contributed by atoms with Gasteiger partial charge < -0.3 is 9.69 Å². The van der Waals surface area contributed by atoms with Crippen LogP contribution < -0.4 is 10.4 Å². The van der Waals surface area contributed by atoms with E-state index in [0.29, 0.717) is 10.4 Å². The Morgan fingerprint density at radius 2 is 0.740 bits per heavy atom. The zero-order valence-electron chi connectivity index (χ0n) is 24.6. The van der Waals surface area contributed by atoms with Gasteiger partial charge in [0.25, 0.3) is 0 Å². The van der Waals surface area contributed by atoms with Crippen LogP contribution in [0.5, 0.6) is 0 Å². The van der Waals surface area contributed by atoms with Gasteiger partial charge in [0.15, 0.2) is 22.8 Å². The molecule has 222 valence electrons. The van der Waals surface area contributed by atoms with Crippen LogP contribution in [0, 0.1) is 104 Å². The number of fused-ring (bicyclic) bond motifs is 7. The second kappa shape index (κ2) is 13.3. The van der Waals surface area contributed by atoms with E-state index in [1.165, 1.54) is 0 Å². The van der Waals surface area contributed by atoms with E-state index in [0.717, 1.165) is 10.8 Å². The summed E-state index contributed by atoms with van der Waals surface area (Å²) in [6, 6.07) is 24.8. The number of hydrogen-bond acceptors (Lipinski definition) is 14. The van der Waals surface area contributed by atoms with Crippen molar-refractivity contribution in [2.75, 3.05) is 0 Å². The van der Waals surface area contributed by atoms with E-state index in [1.54, 1.807) is 60.7 Å². The molecule has 3 aromatic heterocycles. The third-order valence-corrected chi connectivity index (χ3v) is 6.82. The van der Waals surface area contributed by atoms with E-state index in [2.05, 4.69) is 39.6 Å². The Kier molecular flexibility index (Phi) is 8.50. The number of nitrogens with zero attached hydrogens (tertiary/aromatic N) is 16. The Labute approximate surface area is 279 Å². The van der Waals surface area contributed by atoms with Crippen LogP contribution in [-0.2, 0) is 0 Å². The molecule has 0 radical (unpaired) electrons. The van der Waals surface area contributed by atoms with Crippen molar-refractivity contribution in [3.05, 3.63) is 92.4 Å². The van der Waals surface area contributed by atoms with Gasteiger partial charge in [0.2, 0.25) is 11.0 Å². The first kappa shape index (κ1) is 32.0. The second-order valence-corrected chi connectivity index (χ2v) is 9.45. The number of hydrogen-bond donors (Lipinski definition) is 0. The summed E-state index contributed by atoms with van der Waals surface area (Å²) in [5.74, 6) is -0.605. The third kappa shape index (κ3) is 5.39. The third-order valence-electron chi connectivity index (χ3n) is 6.82. The molecule has 0 atom stereocenters. The molecule has 16 nitrogen and oxygen atoms in total. The molecule has 0 fully saturated rings. The lowest BCUT2D eigenvalue weighted by atomic mass is 10.0. The Bertz CT molecular complexity index is 2630. The van der Waals surface area contributed by atoms with Crippen molar-refractivity contribution in [3.63, 3.8) is 0 Å². The summed E-state index contributed by atoms with van der Waals surface area (Å²) < 4.78 is 0. The first-order chi connectivity index (χ1) is 24.3. The van der Waals surface area contributed by atoms with Gasteiger partial charge in [0, 0.05) is 10.4 Å². The van der Waals surface area contributed by atoms with Crippen LogP contribution in [0.2, 0.25) is 0 Å². The monoisotopic (exact) mass is 638 g/mol. The van der Waals surface area contributed by atoms with Crippen molar-refractivity contribution in [1.82, 2.24) is 29.9 Å². The van der Waals surface area contributed by atoms with Gasteiger partial charge in [-0.3, -0.25) is 0 Å². The van der Waals surface area contributed by atoms with Gasteiger partial charge in [-0.25, -0.2) is 19.9 Å². The molecular formula is C34H6N16. The van der Waals surface area contributed by atoms with Gasteiger partial charge in [-0.05, 0) is 22.9 Å². The highest BCUT2D eigenvalue weighted by Gasteiger charge is 2.26. The maximum atomic E-state index is 9.30. The molecule has 0 aliphatic carbocycles. The average molecular weight is 639 g/mol. The molecule has 16 heteroatoms. The van der Waals surface area contributed by atoms with E-state index in [9.17, 15) is 21.0 Å². The zero-order chi connectivity index (χ0) is 35.9. The minimum Gasteiger partial charge on any atom is -0.358 e. The fourth-order valence-electron chi connectivity index (χ4n) is 4.61. The molecule has 0 saturated heterocycles. The summed E-state index contributed by atoms with van der Waals surface area (Å²) in [6.45, 7) is 14.5. The van der Waals surface area contributed by atoms with E-state index in [-0.39, 0.29) is 78.7 Å². The fourth-order valence-corrected chi connectivity index (χ4v) is 4.61. The molecule has 0 aliphatic heterocycles. The SMILES string of the molecule is N#CC(C#N)=c1ccc2cc(=C(C#N)C#N)ccc2c1.[C-]#[N+]c1nc2c(nc1C#N)c1nc(C#N)c(C#N)nc1c1nc(C#N)c([N+]#[C-])nc12. The molecular weight excluding hydrogens is 632 g/mol. The Balaban J connectivity index is 0.000000211. The molecule has 50 heavy (non-hydrogen) atoms. The van der Waals surface area contributed by atoms with Crippen molar-refractivity contribution >= 4 is 66.7 Å². The zero-order valence-corrected chi connectivity index (χ0v) is 24.6. The minimum absolute atomic E-state index is 0.00714. The van der Waals surface area contributed by atoms with Crippen molar-refractivity contribution in [2.24, 2.45) is 0 Å². The highest BCUT2D eigenvalue weighted by Crippen LogP contribution is 2.33. The van der Waals surface area contributed by atoms with Crippen molar-refractivity contribution in [3.8, 4) is 48.6 Å². The minimum atomic E-state index is -0.303. The lowest BCUT2D eigenvalue weighted by molar-refractivity contribution is 1.18. The molecule has 3 heterocycles. The van der Waals surface area contributed by atoms with Gasteiger partial charge in [-0.1, -0.05) is 37.4 Å². The molecule has 0 spiro atoms. The van der Waals surface area contributed by atoms with E-state index < -0.39 is 0 Å². The van der Waals surface area contributed by atoms with E-state index in [1.807, 2.05) is 24.3 Å². The summed E-state index contributed by atoms with van der Waals surface area (Å²) in [4.78, 5) is 31.1. The lowest BCUT2D eigenvalue weighted by Crippen LogP contribution is -2.06. The van der Waals surface area contributed by atoms with Crippen molar-refractivity contribution < 1.29 is 0 Å². The summed E-state index contributed by atoms with van der Waals surface area (Å²) in [7, 11) is 0. The molecule has 0 saturated carbocycles. The first-order valence-corrected chi connectivity index (χ1v) is 13.3. The lowest BCUT2D eigenvalue weighted by Gasteiger charge is -2.06. The normalized spacial score (nSPS) is 9.40. The molecule has 0 aliphatic rings. The van der Waals surface area contributed by atoms with Crippen molar-refractivity contribution in [2.45, 2.75) is 0 Å². The van der Waals surface area contributed by atoms with Crippen LogP contribution >= 0.6 is 0 Å². The highest BCUT2D eigenvalue weighted by molar-refractivity contribution is 6.18. The van der Waals surface area contributed by atoms with Gasteiger partial charge in [-0.2, -0.15) is 42.1 Å². The first-order valence-electron chi connectivity index (χ1n) is 13.3. The summed E-state index contributed by atoms with van der Waals surface area (Å²) >= 11 is 0. The maximum Gasteiger partial charge on any atom is 0.307 e. The van der Waals surface area contributed by atoms with Crippen LogP contribution in [0.15, 0.2) is 36.4 Å². The Morgan fingerprint density at radius 1 is 0.440 bits per heavy atom. The molecule has 0 unspecified atom stereocenters. The highest BCUT2D eigenvalue weighted by atomic mass is 15.0. The average Bonchev–Trinajstić information content (AvgIpc) is 3.17. The number of benzene rings is 3. The summed E-state index contributed by atoms with van der Waals surface area (Å²) in [5.41, 5.74) is -1.09. The number of aromatic nitrogens is 6. The van der Waals surface area contributed by atoms with E-state index >= 15 is 0 Å². The molecule has 3 aromatic carbocycles. The van der Waals surface area contributed by atoms with Crippen molar-refractivity contribution in [1.29, 1.82) is 42.1 Å².